The number of ether oxygens (including phenoxy) is 2. The van der Waals surface area contributed by atoms with Crippen molar-refractivity contribution in [3.63, 3.8) is 0 Å². The van der Waals surface area contributed by atoms with E-state index >= 15 is 0 Å². The smallest absolute Gasteiger partial charge is 0.306 e. The van der Waals surface area contributed by atoms with Gasteiger partial charge in [0.1, 0.15) is 5.75 Å². The number of imide groups is 1. The third-order valence-electron chi connectivity index (χ3n) is 4.24. The molecule has 1 heterocycles. The zero-order valence-electron chi connectivity index (χ0n) is 15.4. The Bertz CT molecular complexity index is 991. The molecular weight excluding hydrogens is 360 g/mol. The predicted octanol–water partition coefficient (Wildman–Crippen LogP) is 2.61. The number of esters is 1. The van der Waals surface area contributed by atoms with Gasteiger partial charge in [0.2, 0.25) is 0 Å². The first-order chi connectivity index (χ1) is 13.6. The lowest BCUT2D eigenvalue weighted by Crippen LogP contribution is -2.34. The number of aryl methyl sites for hydroxylation is 1. The summed E-state index contributed by atoms with van der Waals surface area (Å²) in [5.41, 5.74) is 2.31. The van der Waals surface area contributed by atoms with Crippen molar-refractivity contribution in [2.45, 2.75) is 12.8 Å². The number of amides is 2. The van der Waals surface area contributed by atoms with E-state index in [4.69, 9.17) is 9.47 Å². The monoisotopic (exact) mass is 380 g/mol. The van der Waals surface area contributed by atoms with Crippen LogP contribution in [-0.4, -0.2) is 36.5 Å². The molecule has 0 radical (unpaired) electrons. The fourth-order valence-corrected chi connectivity index (χ4v) is 2.77. The Morgan fingerprint density at radius 3 is 2.54 bits per heavy atom. The standard InChI is InChI=1S/C21H20N2O5/c1-27-16-9-6-14(7-10-16)21(26)23-19(24)13-28-20(25)11-8-15-12-22-18-5-3-2-4-17(15)18/h2-7,9-10,12,22H,8,11,13H2,1H3,(H,23,24,26). The van der Waals surface area contributed by atoms with Crippen LogP contribution in [0.15, 0.2) is 54.7 Å². The third-order valence-corrected chi connectivity index (χ3v) is 4.24. The molecule has 0 atom stereocenters. The first-order valence-electron chi connectivity index (χ1n) is 8.75. The average Bonchev–Trinajstić information content (AvgIpc) is 3.14. The quantitative estimate of drug-likeness (QED) is 0.614. The maximum Gasteiger partial charge on any atom is 0.306 e. The highest BCUT2D eigenvalue weighted by Crippen LogP contribution is 2.19. The largest absolute Gasteiger partial charge is 0.497 e. The molecule has 0 bridgehead atoms. The Morgan fingerprint density at radius 2 is 1.79 bits per heavy atom. The van der Waals surface area contributed by atoms with E-state index in [0.29, 0.717) is 17.7 Å². The van der Waals surface area contributed by atoms with Gasteiger partial charge in [0, 0.05) is 29.1 Å². The number of hydrogen-bond donors (Lipinski definition) is 2. The zero-order valence-corrected chi connectivity index (χ0v) is 15.4. The van der Waals surface area contributed by atoms with E-state index < -0.39 is 24.4 Å². The summed E-state index contributed by atoms with van der Waals surface area (Å²) in [5, 5.41) is 3.24. The number of methoxy groups -OCH3 is 1. The van der Waals surface area contributed by atoms with Crippen molar-refractivity contribution < 1.29 is 23.9 Å². The van der Waals surface area contributed by atoms with Crippen molar-refractivity contribution in [3.05, 3.63) is 65.9 Å². The number of benzene rings is 2. The average molecular weight is 380 g/mol. The van der Waals surface area contributed by atoms with Crippen LogP contribution in [0.25, 0.3) is 10.9 Å². The van der Waals surface area contributed by atoms with Crippen LogP contribution in [0.5, 0.6) is 5.75 Å². The lowest BCUT2D eigenvalue weighted by atomic mass is 10.1. The predicted molar refractivity (Wildman–Crippen MR) is 103 cm³/mol. The van der Waals surface area contributed by atoms with Crippen LogP contribution in [0.4, 0.5) is 0 Å². The van der Waals surface area contributed by atoms with Gasteiger partial charge in [0.05, 0.1) is 7.11 Å². The molecule has 0 fully saturated rings. The minimum atomic E-state index is -0.679. The maximum atomic E-state index is 12.0. The van der Waals surface area contributed by atoms with Crippen LogP contribution in [0.1, 0.15) is 22.3 Å². The molecule has 2 amide bonds. The van der Waals surface area contributed by atoms with Crippen LogP contribution in [0.3, 0.4) is 0 Å². The first-order valence-corrected chi connectivity index (χ1v) is 8.75. The van der Waals surface area contributed by atoms with Crippen molar-refractivity contribution >= 4 is 28.7 Å². The minimum Gasteiger partial charge on any atom is -0.497 e. The number of fused-ring (bicyclic) bond motifs is 1. The van der Waals surface area contributed by atoms with Crippen molar-refractivity contribution in [1.82, 2.24) is 10.3 Å². The third kappa shape index (κ3) is 4.76. The molecule has 7 heteroatoms. The van der Waals surface area contributed by atoms with Crippen molar-refractivity contribution in [1.29, 1.82) is 0 Å². The van der Waals surface area contributed by atoms with Crippen molar-refractivity contribution in [3.8, 4) is 5.75 Å². The van der Waals surface area contributed by atoms with Gasteiger partial charge in [-0.05, 0) is 42.3 Å². The molecule has 0 unspecified atom stereocenters. The van der Waals surface area contributed by atoms with Gasteiger partial charge < -0.3 is 14.5 Å². The number of hydrogen-bond acceptors (Lipinski definition) is 5. The molecule has 2 aromatic carbocycles. The Morgan fingerprint density at radius 1 is 1.04 bits per heavy atom. The summed E-state index contributed by atoms with van der Waals surface area (Å²) in [4.78, 5) is 38.9. The molecule has 7 nitrogen and oxygen atoms in total. The SMILES string of the molecule is COc1ccc(C(=O)NC(=O)COC(=O)CCc2c[nH]c3ccccc23)cc1. The number of carbonyl (C=O) groups is 3. The highest BCUT2D eigenvalue weighted by Gasteiger charge is 2.13. The Hall–Kier alpha value is -3.61. The normalized spacial score (nSPS) is 10.5. The van der Waals surface area contributed by atoms with Crippen LogP contribution < -0.4 is 10.1 Å². The minimum absolute atomic E-state index is 0.140. The Balaban J connectivity index is 1.43. The summed E-state index contributed by atoms with van der Waals surface area (Å²) in [6.07, 6.45) is 2.50. The molecule has 28 heavy (non-hydrogen) atoms. The van der Waals surface area contributed by atoms with Gasteiger partial charge >= 0.3 is 5.97 Å². The van der Waals surface area contributed by atoms with E-state index in [0.717, 1.165) is 16.5 Å². The summed E-state index contributed by atoms with van der Waals surface area (Å²) in [6, 6.07) is 14.1. The fourth-order valence-electron chi connectivity index (χ4n) is 2.77. The molecule has 1 aromatic heterocycles. The Kier molecular flexibility index (Phi) is 6.06. The molecule has 3 rings (SSSR count). The highest BCUT2D eigenvalue weighted by atomic mass is 16.5. The van der Waals surface area contributed by atoms with Crippen LogP contribution in [0.2, 0.25) is 0 Å². The summed E-state index contributed by atoms with van der Waals surface area (Å²) in [6.45, 7) is -0.505. The second kappa shape index (κ2) is 8.85. The van der Waals surface area contributed by atoms with Crippen LogP contribution in [-0.2, 0) is 20.7 Å². The molecule has 0 saturated heterocycles. The van der Waals surface area contributed by atoms with Gasteiger partial charge in [-0.2, -0.15) is 0 Å². The van der Waals surface area contributed by atoms with Gasteiger partial charge in [-0.15, -0.1) is 0 Å². The molecule has 0 aliphatic rings. The second-order valence-electron chi connectivity index (χ2n) is 6.13. The lowest BCUT2D eigenvalue weighted by molar-refractivity contribution is -0.148. The molecular formula is C21H20N2O5. The molecule has 0 spiro atoms. The van der Waals surface area contributed by atoms with E-state index in [1.807, 2.05) is 30.5 Å². The number of para-hydroxylation sites is 1. The van der Waals surface area contributed by atoms with Crippen molar-refractivity contribution in [2.75, 3.05) is 13.7 Å². The molecule has 3 aromatic rings. The molecule has 2 N–H and O–H groups in total. The number of rotatable bonds is 7. The van der Waals surface area contributed by atoms with E-state index in [1.54, 1.807) is 12.1 Å². The number of aromatic amines is 1. The van der Waals surface area contributed by atoms with Gasteiger partial charge in [-0.25, -0.2) is 0 Å². The summed E-state index contributed by atoms with van der Waals surface area (Å²) >= 11 is 0. The Labute approximate surface area is 161 Å². The zero-order chi connectivity index (χ0) is 19.9. The van der Waals surface area contributed by atoms with E-state index in [9.17, 15) is 14.4 Å². The highest BCUT2D eigenvalue weighted by molar-refractivity contribution is 6.05. The molecule has 0 saturated carbocycles. The van der Waals surface area contributed by atoms with E-state index in [2.05, 4.69) is 10.3 Å². The second-order valence-corrected chi connectivity index (χ2v) is 6.13. The summed E-state index contributed by atoms with van der Waals surface area (Å²) in [5.74, 6) is -1.15. The van der Waals surface area contributed by atoms with E-state index in [-0.39, 0.29) is 6.42 Å². The molecule has 0 aliphatic carbocycles. The lowest BCUT2D eigenvalue weighted by Gasteiger charge is -2.06. The number of carbonyl (C=O) groups excluding carboxylic acids is 3. The van der Waals surface area contributed by atoms with E-state index in [1.165, 1.54) is 19.2 Å². The number of H-pyrrole nitrogens is 1. The maximum absolute atomic E-state index is 12.0. The number of aromatic nitrogens is 1. The van der Waals surface area contributed by atoms with Gasteiger partial charge in [0.25, 0.3) is 11.8 Å². The van der Waals surface area contributed by atoms with Crippen LogP contribution >= 0.6 is 0 Å². The van der Waals surface area contributed by atoms with Gasteiger partial charge in [0.15, 0.2) is 6.61 Å². The summed E-state index contributed by atoms with van der Waals surface area (Å²) in [7, 11) is 1.52. The topological polar surface area (TPSA) is 97.5 Å². The van der Waals surface area contributed by atoms with Crippen molar-refractivity contribution in [2.24, 2.45) is 0 Å². The van der Waals surface area contributed by atoms with Crippen LogP contribution in [0, 0.1) is 0 Å². The van der Waals surface area contributed by atoms with Gasteiger partial charge in [-0.1, -0.05) is 18.2 Å². The van der Waals surface area contributed by atoms with Gasteiger partial charge in [-0.3, -0.25) is 19.7 Å². The summed E-state index contributed by atoms with van der Waals surface area (Å²) < 4.78 is 9.96. The fraction of sp³-hybridized carbons (Fsp3) is 0.190. The number of nitrogens with one attached hydrogen (secondary N) is 2. The molecule has 144 valence electrons. The molecule has 0 aliphatic heterocycles. The first kappa shape index (κ1) is 19.2.